The predicted octanol–water partition coefficient (Wildman–Crippen LogP) is 4.04. The molecule has 0 saturated heterocycles. The number of carboxylic acids is 1. The van der Waals surface area contributed by atoms with Crippen molar-refractivity contribution < 1.29 is 18.3 Å². The number of rotatable bonds is 8. The lowest BCUT2D eigenvalue weighted by Crippen LogP contribution is -2.23. The van der Waals surface area contributed by atoms with E-state index in [0.717, 1.165) is 11.1 Å². The molecule has 3 N–H and O–H groups in total. The van der Waals surface area contributed by atoms with Crippen LogP contribution in [0, 0.1) is 0 Å². The fraction of sp³-hybridized carbons (Fsp3) is 0.136. The summed E-state index contributed by atoms with van der Waals surface area (Å²) in [6, 6.07) is 22.6. The van der Waals surface area contributed by atoms with Crippen LogP contribution in [0.3, 0.4) is 0 Å². The number of sulfonamides is 1. The van der Waals surface area contributed by atoms with E-state index < -0.39 is 16.0 Å². The zero-order valence-electron chi connectivity index (χ0n) is 15.9. The third kappa shape index (κ3) is 5.22. The minimum Gasteiger partial charge on any atom is -0.478 e. The summed E-state index contributed by atoms with van der Waals surface area (Å²) in [5, 5.41) is 12.7. The Hall–Kier alpha value is -3.16. The van der Waals surface area contributed by atoms with Gasteiger partial charge in [0.25, 0.3) is 0 Å². The summed E-state index contributed by atoms with van der Waals surface area (Å²) in [7, 11) is -3.85. The monoisotopic (exact) mass is 410 g/mol. The van der Waals surface area contributed by atoms with Crippen molar-refractivity contribution in [2.45, 2.75) is 24.4 Å². The lowest BCUT2D eigenvalue weighted by Gasteiger charge is -2.18. The first-order valence-corrected chi connectivity index (χ1v) is 10.6. The van der Waals surface area contributed by atoms with Gasteiger partial charge in [-0.2, -0.15) is 0 Å². The fourth-order valence-corrected chi connectivity index (χ4v) is 3.95. The fourth-order valence-electron chi connectivity index (χ4n) is 2.91. The van der Waals surface area contributed by atoms with E-state index in [-0.39, 0.29) is 23.0 Å². The molecule has 0 saturated carbocycles. The molecule has 1 atom stereocenters. The molecule has 0 aliphatic carbocycles. The standard InChI is InChI=1S/C22H22N2O4S/c1-16(18-10-6-3-7-11-18)24-21-13-12-19(14-20(21)22(25)26)29(27,28)23-15-17-8-4-2-5-9-17/h2-14,16,23-24H,15H2,1H3,(H,25,26)/t16-/m1/s1. The molecule has 0 amide bonds. The highest BCUT2D eigenvalue weighted by Crippen LogP contribution is 2.25. The smallest absolute Gasteiger partial charge is 0.337 e. The summed E-state index contributed by atoms with van der Waals surface area (Å²) in [5.74, 6) is -1.20. The Bertz CT molecular complexity index is 1080. The second kappa shape index (κ2) is 8.89. The van der Waals surface area contributed by atoms with Crippen LogP contribution in [-0.2, 0) is 16.6 Å². The average Bonchev–Trinajstić information content (AvgIpc) is 2.73. The van der Waals surface area contributed by atoms with Gasteiger partial charge in [-0.1, -0.05) is 60.7 Å². The summed E-state index contributed by atoms with van der Waals surface area (Å²) in [6.45, 7) is 2.03. The van der Waals surface area contributed by atoms with Gasteiger partial charge in [0.2, 0.25) is 10.0 Å². The molecule has 0 bridgehead atoms. The molecule has 0 aromatic heterocycles. The second-order valence-corrected chi connectivity index (χ2v) is 8.37. The molecule has 0 fully saturated rings. The van der Waals surface area contributed by atoms with Gasteiger partial charge >= 0.3 is 5.97 Å². The molecular weight excluding hydrogens is 388 g/mol. The quantitative estimate of drug-likeness (QED) is 0.521. The van der Waals surface area contributed by atoms with Crippen molar-refractivity contribution in [1.82, 2.24) is 4.72 Å². The third-order valence-corrected chi connectivity index (χ3v) is 5.91. The molecule has 6 nitrogen and oxygen atoms in total. The number of aromatic carboxylic acids is 1. The molecule has 0 spiro atoms. The number of hydrogen-bond donors (Lipinski definition) is 3. The van der Waals surface area contributed by atoms with Crippen molar-refractivity contribution in [1.29, 1.82) is 0 Å². The molecule has 0 unspecified atom stereocenters. The maximum Gasteiger partial charge on any atom is 0.337 e. The van der Waals surface area contributed by atoms with Crippen molar-refractivity contribution in [3.8, 4) is 0 Å². The maximum absolute atomic E-state index is 12.6. The molecule has 0 aliphatic rings. The average molecular weight is 410 g/mol. The Morgan fingerprint density at radius 2 is 1.59 bits per heavy atom. The van der Waals surface area contributed by atoms with Crippen LogP contribution < -0.4 is 10.0 Å². The van der Waals surface area contributed by atoms with E-state index >= 15 is 0 Å². The van der Waals surface area contributed by atoms with Crippen LogP contribution in [0.4, 0.5) is 5.69 Å². The molecule has 29 heavy (non-hydrogen) atoms. The Balaban J connectivity index is 1.82. The van der Waals surface area contributed by atoms with Gasteiger partial charge in [-0.15, -0.1) is 0 Å². The van der Waals surface area contributed by atoms with Gasteiger partial charge < -0.3 is 10.4 Å². The van der Waals surface area contributed by atoms with Crippen molar-refractivity contribution in [2.75, 3.05) is 5.32 Å². The van der Waals surface area contributed by atoms with Gasteiger partial charge in [-0.25, -0.2) is 17.9 Å². The van der Waals surface area contributed by atoms with Gasteiger partial charge in [-0.05, 0) is 36.2 Å². The minimum absolute atomic E-state index is 0.0938. The van der Waals surface area contributed by atoms with Gasteiger partial charge in [-0.3, -0.25) is 0 Å². The Morgan fingerprint density at radius 3 is 2.21 bits per heavy atom. The van der Waals surface area contributed by atoms with E-state index in [1.54, 1.807) is 0 Å². The van der Waals surface area contributed by atoms with E-state index in [2.05, 4.69) is 10.0 Å². The predicted molar refractivity (Wildman–Crippen MR) is 112 cm³/mol. The van der Waals surface area contributed by atoms with Gasteiger partial charge in [0, 0.05) is 18.3 Å². The molecule has 0 heterocycles. The summed E-state index contributed by atoms with van der Waals surface area (Å²) < 4.78 is 27.7. The first-order valence-electron chi connectivity index (χ1n) is 9.09. The lowest BCUT2D eigenvalue weighted by molar-refractivity contribution is 0.0697. The maximum atomic E-state index is 12.6. The summed E-state index contributed by atoms with van der Waals surface area (Å²) >= 11 is 0. The SMILES string of the molecule is C[C@@H](Nc1ccc(S(=O)(=O)NCc2ccccc2)cc1C(=O)O)c1ccccc1. The number of carbonyl (C=O) groups is 1. The van der Waals surface area contributed by atoms with E-state index in [1.807, 2.05) is 67.6 Å². The van der Waals surface area contributed by atoms with Crippen LogP contribution in [0.1, 0.15) is 34.5 Å². The van der Waals surface area contributed by atoms with Gasteiger partial charge in [0.15, 0.2) is 0 Å². The van der Waals surface area contributed by atoms with E-state index in [0.29, 0.717) is 5.69 Å². The number of carboxylic acid groups (broad SMARTS) is 1. The third-order valence-electron chi connectivity index (χ3n) is 4.51. The molecule has 0 aliphatic heterocycles. The first kappa shape index (κ1) is 20.6. The van der Waals surface area contributed by atoms with E-state index in [1.165, 1.54) is 18.2 Å². The second-order valence-electron chi connectivity index (χ2n) is 6.60. The van der Waals surface area contributed by atoms with Gasteiger partial charge in [0.05, 0.1) is 10.5 Å². The van der Waals surface area contributed by atoms with Crippen LogP contribution in [-0.4, -0.2) is 19.5 Å². The molecular formula is C22H22N2O4S. The van der Waals surface area contributed by atoms with Crippen molar-refractivity contribution in [3.63, 3.8) is 0 Å². The molecule has 7 heteroatoms. The van der Waals surface area contributed by atoms with Crippen molar-refractivity contribution in [2.24, 2.45) is 0 Å². The topological polar surface area (TPSA) is 95.5 Å². The van der Waals surface area contributed by atoms with Crippen molar-refractivity contribution >= 4 is 21.7 Å². The summed E-state index contributed by atoms with van der Waals surface area (Å²) in [5.41, 5.74) is 2.06. The van der Waals surface area contributed by atoms with E-state index in [4.69, 9.17) is 0 Å². The van der Waals surface area contributed by atoms with Crippen LogP contribution in [0.15, 0.2) is 83.8 Å². The Labute approximate surface area is 170 Å². The zero-order valence-corrected chi connectivity index (χ0v) is 16.7. The normalized spacial score (nSPS) is 12.3. The Morgan fingerprint density at radius 1 is 0.966 bits per heavy atom. The highest BCUT2D eigenvalue weighted by molar-refractivity contribution is 7.89. The Kier molecular flexibility index (Phi) is 6.31. The summed E-state index contributed by atoms with van der Waals surface area (Å²) in [6.07, 6.45) is 0. The van der Waals surface area contributed by atoms with Crippen LogP contribution in [0.2, 0.25) is 0 Å². The number of benzene rings is 3. The van der Waals surface area contributed by atoms with Crippen LogP contribution in [0.5, 0.6) is 0 Å². The van der Waals surface area contributed by atoms with Gasteiger partial charge in [0.1, 0.15) is 0 Å². The van der Waals surface area contributed by atoms with E-state index in [9.17, 15) is 18.3 Å². The molecule has 150 valence electrons. The molecule has 3 rings (SSSR count). The number of anilines is 1. The zero-order chi connectivity index (χ0) is 20.9. The van der Waals surface area contributed by atoms with Crippen LogP contribution >= 0.6 is 0 Å². The first-order chi connectivity index (χ1) is 13.9. The number of nitrogens with one attached hydrogen (secondary N) is 2. The van der Waals surface area contributed by atoms with Crippen molar-refractivity contribution in [3.05, 3.63) is 95.6 Å². The highest BCUT2D eigenvalue weighted by atomic mass is 32.2. The highest BCUT2D eigenvalue weighted by Gasteiger charge is 2.20. The molecule has 3 aromatic carbocycles. The lowest BCUT2D eigenvalue weighted by atomic mass is 10.1. The van der Waals surface area contributed by atoms with Crippen LogP contribution in [0.25, 0.3) is 0 Å². The number of hydrogen-bond acceptors (Lipinski definition) is 4. The summed E-state index contributed by atoms with van der Waals surface area (Å²) in [4.78, 5) is 11.6. The largest absolute Gasteiger partial charge is 0.478 e. The molecule has 0 radical (unpaired) electrons. The minimum atomic E-state index is -3.85. The molecule has 3 aromatic rings.